The first-order valence-electron chi connectivity index (χ1n) is 10.3. The highest BCUT2D eigenvalue weighted by Gasteiger charge is 2.21. The monoisotopic (exact) mass is 366 g/mol. The molecule has 0 radical (unpaired) electrons. The molecular formula is C22H30N4O. The number of anilines is 2. The van der Waals surface area contributed by atoms with Crippen LogP contribution in [0.5, 0.6) is 0 Å². The molecule has 1 aliphatic heterocycles. The molecule has 3 N–H and O–H groups in total. The van der Waals surface area contributed by atoms with Gasteiger partial charge in [-0.2, -0.15) is 0 Å². The van der Waals surface area contributed by atoms with E-state index in [2.05, 4.69) is 22.3 Å². The maximum Gasteiger partial charge on any atom is 0.224 e. The number of aromatic nitrogens is 1. The molecule has 1 aromatic carbocycles. The molecule has 27 heavy (non-hydrogen) atoms. The van der Waals surface area contributed by atoms with Gasteiger partial charge in [0.1, 0.15) is 5.82 Å². The van der Waals surface area contributed by atoms with E-state index in [1.54, 1.807) is 0 Å². The number of aryl methyl sites for hydroxylation is 1. The Kier molecular flexibility index (Phi) is 5.30. The molecule has 1 saturated carbocycles. The number of carbonyl (C=O) groups is 1. The summed E-state index contributed by atoms with van der Waals surface area (Å²) in [6, 6.07) is 8.46. The van der Waals surface area contributed by atoms with Crippen LogP contribution < -0.4 is 16.0 Å². The SMILES string of the molecule is Cc1ccc2nc(N3CCC(N)C3)ccc2c1NC(=O)CC1CCCCC1. The highest BCUT2D eigenvalue weighted by molar-refractivity contribution is 6.02. The number of nitrogens with zero attached hydrogens (tertiary/aromatic N) is 2. The van der Waals surface area contributed by atoms with Gasteiger partial charge in [0.25, 0.3) is 0 Å². The molecule has 1 unspecified atom stereocenters. The van der Waals surface area contributed by atoms with E-state index in [0.29, 0.717) is 12.3 Å². The van der Waals surface area contributed by atoms with Crippen molar-refractivity contribution in [3.8, 4) is 0 Å². The van der Waals surface area contributed by atoms with Gasteiger partial charge in [0.2, 0.25) is 5.91 Å². The van der Waals surface area contributed by atoms with Crippen LogP contribution in [0.4, 0.5) is 11.5 Å². The topological polar surface area (TPSA) is 71.2 Å². The number of pyridine rings is 1. The summed E-state index contributed by atoms with van der Waals surface area (Å²) in [5, 5.41) is 4.20. The minimum atomic E-state index is 0.132. The highest BCUT2D eigenvalue weighted by atomic mass is 16.1. The van der Waals surface area contributed by atoms with E-state index in [4.69, 9.17) is 10.7 Å². The number of amides is 1. The van der Waals surface area contributed by atoms with Gasteiger partial charge in [0.15, 0.2) is 0 Å². The zero-order valence-electron chi connectivity index (χ0n) is 16.2. The van der Waals surface area contributed by atoms with E-state index in [0.717, 1.165) is 47.5 Å². The van der Waals surface area contributed by atoms with Gasteiger partial charge >= 0.3 is 0 Å². The molecule has 1 amide bonds. The lowest BCUT2D eigenvalue weighted by molar-refractivity contribution is -0.117. The average molecular weight is 367 g/mol. The number of fused-ring (bicyclic) bond motifs is 1. The molecule has 1 saturated heterocycles. The molecule has 1 aliphatic carbocycles. The van der Waals surface area contributed by atoms with Crippen molar-refractivity contribution in [2.24, 2.45) is 11.7 Å². The zero-order chi connectivity index (χ0) is 18.8. The fourth-order valence-corrected chi connectivity index (χ4v) is 4.48. The van der Waals surface area contributed by atoms with Crippen LogP contribution in [-0.2, 0) is 4.79 Å². The molecule has 2 aliphatic rings. The van der Waals surface area contributed by atoms with Gasteiger partial charge in [0, 0.05) is 30.9 Å². The van der Waals surface area contributed by atoms with Crippen molar-refractivity contribution in [1.82, 2.24) is 4.98 Å². The van der Waals surface area contributed by atoms with Crippen LogP contribution >= 0.6 is 0 Å². The van der Waals surface area contributed by atoms with Crippen LogP contribution in [0.1, 0.15) is 50.5 Å². The van der Waals surface area contributed by atoms with Crippen molar-refractivity contribution in [3.63, 3.8) is 0 Å². The molecule has 5 heteroatoms. The Balaban J connectivity index is 1.54. The fourth-order valence-electron chi connectivity index (χ4n) is 4.48. The van der Waals surface area contributed by atoms with Gasteiger partial charge in [-0.25, -0.2) is 4.98 Å². The Morgan fingerprint density at radius 3 is 2.74 bits per heavy atom. The maximum atomic E-state index is 12.6. The van der Waals surface area contributed by atoms with E-state index in [-0.39, 0.29) is 11.9 Å². The quantitative estimate of drug-likeness (QED) is 0.858. The van der Waals surface area contributed by atoms with E-state index < -0.39 is 0 Å². The van der Waals surface area contributed by atoms with Gasteiger partial charge < -0.3 is 16.0 Å². The third-order valence-corrected chi connectivity index (χ3v) is 6.08. The standard InChI is InChI=1S/C22H30N4O/c1-15-7-9-19-18(8-10-20(24-19)26-12-11-17(23)14-26)22(15)25-21(27)13-16-5-3-2-4-6-16/h7-10,16-17H,2-6,11-14,23H2,1H3,(H,25,27). The van der Waals surface area contributed by atoms with Gasteiger partial charge in [0.05, 0.1) is 11.2 Å². The van der Waals surface area contributed by atoms with Crippen molar-refractivity contribution in [3.05, 3.63) is 29.8 Å². The smallest absolute Gasteiger partial charge is 0.224 e. The normalized spacial score (nSPS) is 21.0. The number of nitrogens with two attached hydrogens (primary N) is 1. The molecule has 2 aromatic rings. The average Bonchev–Trinajstić information content (AvgIpc) is 3.11. The summed E-state index contributed by atoms with van der Waals surface area (Å²) in [6.45, 7) is 3.86. The van der Waals surface area contributed by atoms with E-state index in [9.17, 15) is 4.79 Å². The summed E-state index contributed by atoms with van der Waals surface area (Å²) >= 11 is 0. The van der Waals surface area contributed by atoms with Gasteiger partial charge in [-0.3, -0.25) is 4.79 Å². The number of nitrogens with one attached hydrogen (secondary N) is 1. The second-order valence-electron chi connectivity index (χ2n) is 8.24. The van der Waals surface area contributed by atoms with E-state index in [1.165, 1.54) is 32.1 Å². The second-order valence-corrected chi connectivity index (χ2v) is 8.24. The number of hydrogen-bond donors (Lipinski definition) is 2. The first kappa shape index (κ1) is 18.2. The summed E-state index contributed by atoms with van der Waals surface area (Å²) in [6.07, 6.45) is 7.85. The molecule has 1 atom stereocenters. The van der Waals surface area contributed by atoms with Crippen molar-refractivity contribution in [1.29, 1.82) is 0 Å². The highest BCUT2D eigenvalue weighted by Crippen LogP contribution is 2.31. The third kappa shape index (κ3) is 4.08. The Morgan fingerprint density at radius 1 is 1.19 bits per heavy atom. The third-order valence-electron chi connectivity index (χ3n) is 6.08. The summed E-state index contributed by atoms with van der Waals surface area (Å²) in [5.74, 6) is 1.64. The lowest BCUT2D eigenvalue weighted by atomic mass is 9.87. The Bertz CT molecular complexity index is 828. The summed E-state index contributed by atoms with van der Waals surface area (Å²) in [7, 11) is 0. The number of benzene rings is 1. The maximum absolute atomic E-state index is 12.6. The molecule has 5 nitrogen and oxygen atoms in total. The Morgan fingerprint density at radius 2 is 2.00 bits per heavy atom. The van der Waals surface area contributed by atoms with Crippen molar-refractivity contribution in [2.45, 2.75) is 57.9 Å². The van der Waals surface area contributed by atoms with Crippen molar-refractivity contribution in [2.75, 3.05) is 23.3 Å². The molecule has 2 fully saturated rings. The van der Waals surface area contributed by atoms with Gasteiger partial charge in [-0.05, 0) is 55.9 Å². The van der Waals surface area contributed by atoms with Crippen LogP contribution in [0, 0.1) is 12.8 Å². The first-order valence-corrected chi connectivity index (χ1v) is 10.3. The minimum absolute atomic E-state index is 0.132. The lowest BCUT2D eigenvalue weighted by Gasteiger charge is -2.21. The molecule has 144 valence electrons. The van der Waals surface area contributed by atoms with Gasteiger partial charge in [-0.15, -0.1) is 0 Å². The lowest BCUT2D eigenvalue weighted by Crippen LogP contribution is -2.26. The summed E-state index contributed by atoms with van der Waals surface area (Å²) in [5.41, 5.74) is 8.95. The van der Waals surface area contributed by atoms with Crippen molar-refractivity contribution < 1.29 is 4.79 Å². The molecule has 1 aromatic heterocycles. The van der Waals surface area contributed by atoms with E-state index in [1.807, 2.05) is 19.1 Å². The fraction of sp³-hybridized carbons (Fsp3) is 0.545. The Hall–Kier alpha value is -2.14. The minimum Gasteiger partial charge on any atom is -0.355 e. The number of hydrogen-bond acceptors (Lipinski definition) is 4. The zero-order valence-corrected chi connectivity index (χ0v) is 16.2. The molecule has 0 spiro atoms. The predicted molar refractivity (Wildman–Crippen MR) is 111 cm³/mol. The molecular weight excluding hydrogens is 336 g/mol. The second kappa shape index (κ2) is 7.85. The molecule has 0 bridgehead atoms. The summed E-state index contributed by atoms with van der Waals surface area (Å²) in [4.78, 5) is 19.7. The van der Waals surface area contributed by atoms with Crippen LogP contribution in [0.15, 0.2) is 24.3 Å². The largest absolute Gasteiger partial charge is 0.355 e. The van der Waals surface area contributed by atoms with E-state index >= 15 is 0 Å². The van der Waals surface area contributed by atoms with Crippen LogP contribution in [0.25, 0.3) is 10.9 Å². The van der Waals surface area contributed by atoms with Crippen LogP contribution in [0.2, 0.25) is 0 Å². The Labute approximate surface area is 161 Å². The van der Waals surface area contributed by atoms with Gasteiger partial charge in [-0.1, -0.05) is 25.3 Å². The number of rotatable bonds is 4. The van der Waals surface area contributed by atoms with Crippen LogP contribution in [-0.4, -0.2) is 30.0 Å². The van der Waals surface area contributed by atoms with Crippen LogP contribution in [0.3, 0.4) is 0 Å². The molecule has 4 rings (SSSR count). The number of carbonyl (C=O) groups excluding carboxylic acids is 1. The van der Waals surface area contributed by atoms with Crippen molar-refractivity contribution >= 4 is 28.3 Å². The predicted octanol–water partition coefficient (Wildman–Crippen LogP) is 3.99. The molecule has 2 heterocycles. The first-order chi connectivity index (χ1) is 13.1. The summed E-state index contributed by atoms with van der Waals surface area (Å²) < 4.78 is 0.